The van der Waals surface area contributed by atoms with Gasteiger partial charge in [-0.15, -0.1) is 9.24 Å². The van der Waals surface area contributed by atoms with Gasteiger partial charge in [-0.25, -0.2) is 4.98 Å². The summed E-state index contributed by atoms with van der Waals surface area (Å²) in [6, 6.07) is 6.25. The number of methoxy groups -OCH3 is 1. The summed E-state index contributed by atoms with van der Waals surface area (Å²) in [6.45, 7) is 5.70. The maximum atomic E-state index is 12.4. The quantitative estimate of drug-likeness (QED) is 0.422. The number of rotatable bonds is 8. The third-order valence-electron chi connectivity index (χ3n) is 3.90. The summed E-state index contributed by atoms with van der Waals surface area (Å²) in [4.78, 5) is 19.6. The molecule has 0 aliphatic heterocycles. The van der Waals surface area contributed by atoms with Crippen LogP contribution in [0.25, 0.3) is 0 Å². The molecule has 7 nitrogen and oxygen atoms in total. The highest BCUT2D eigenvalue weighted by Crippen LogP contribution is 2.21. The summed E-state index contributed by atoms with van der Waals surface area (Å²) in [5.74, 6) is -0.0528. The molecule has 0 radical (unpaired) electrons. The highest BCUT2D eigenvalue weighted by Gasteiger charge is 2.14. The Bertz CT molecular complexity index is 776. The number of H-pyrrole nitrogens is 1. The second-order valence-corrected chi connectivity index (χ2v) is 6.61. The van der Waals surface area contributed by atoms with Crippen molar-refractivity contribution in [1.29, 1.82) is 0 Å². The van der Waals surface area contributed by atoms with Crippen LogP contribution in [0.4, 0.5) is 11.6 Å². The molecule has 0 fully saturated rings. The molecule has 136 valence electrons. The van der Waals surface area contributed by atoms with Crippen molar-refractivity contribution < 1.29 is 4.74 Å². The topological polar surface area (TPSA) is 105 Å². The Morgan fingerprint density at radius 1 is 1.32 bits per heavy atom. The molecule has 1 aromatic carbocycles. The van der Waals surface area contributed by atoms with E-state index in [1.54, 1.807) is 7.11 Å². The molecule has 25 heavy (non-hydrogen) atoms. The number of aryl methyl sites for hydroxylation is 2. The summed E-state index contributed by atoms with van der Waals surface area (Å²) in [5.41, 5.74) is 10.1. The van der Waals surface area contributed by atoms with Gasteiger partial charge in [0, 0.05) is 20.2 Å². The zero-order valence-electron chi connectivity index (χ0n) is 14.8. The number of anilines is 2. The van der Waals surface area contributed by atoms with Gasteiger partial charge in [-0.3, -0.25) is 9.78 Å². The lowest BCUT2D eigenvalue weighted by atomic mass is 10.1. The maximum absolute atomic E-state index is 12.4. The molecule has 0 bridgehead atoms. The van der Waals surface area contributed by atoms with Crippen molar-refractivity contribution in [3.8, 4) is 0 Å². The highest BCUT2D eigenvalue weighted by atomic mass is 31.0. The van der Waals surface area contributed by atoms with Crippen molar-refractivity contribution >= 4 is 20.9 Å². The van der Waals surface area contributed by atoms with Crippen molar-refractivity contribution in [2.45, 2.75) is 26.2 Å². The third-order valence-corrected chi connectivity index (χ3v) is 4.22. The summed E-state index contributed by atoms with van der Waals surface area (Å²) < 4.78 is 4.99. The number of aromatic amines is 1. The highest BCUT2D eigenvalue weighted by molar-refractivity contribution is 7.17. The number of hydrogen-bond acceptors (Lipinski definition) is 6. The monoisotopic (exact) mass is 363 g/mol. The molecule has 1 heterocycles. The minimum atomic E-state index is -0.450. The molecular formula is C17H26N5O2P. The lowest BCUT2D eigenvalue weighted by molar-refractivity contribution is 0.210. The van der Waals surface area contributed by atoms with E-state index in [-0.39, 0.29) is 5.56 Å². The number of hydrogen-bond donors (Lipinski definition) is 4. The van der Waals surface area contributed by atoms with E-state index in [1.165, 1.54) is 11.1 Å². The molecule has 0 saturated heterocycles. The van der Waals surface area contributed by atoms with Crippen LogP contribution in [0.2, 0.25) is 0 Å². The SMILES string of the molecule is COCCNc1c(C(N)P)nc(NCc2ccc(C)c(C)c2)[nH]c1=O. The Balaban J connectivity index is 2.18. The first-order chi connectivity index (χ1) is 11.9. The number of nitrogens with two attached hydrogens (primary N) is 1. The van der Waals surface area contributed by atoms with E-state index in [0.717, 1.165) is 5.56 Å². The Labute approximate surface area is 150 Å². The average molecular weight is 363 g/mol. The second-order valence-electron chi connectivity index (χ2n) is 5.89. The van der Waals surface area contributed by atoms with E-state index in [1.807, 2.05) is 0 Å². The van der Waals surface area contributed by atoms with Crippen LogP contribution in [0.1, 0.15) is 28.2 Å². The molecule has 8 heteroatoms. The Morgan fingerprint density at radius 3 is 2.72 bits per heavy atom. The van der Waals surface area contributed by atoms with Crippen LogP contribution in [-0.2, 0) is 11.3 Å². The van der Waals surface area contributed by atoms with Gasteiger partial charge in [0.1, 0.15) is 5.69 Å². The second kappa shape index (κ2) is 8.94. The maximum Gasteiger partial charge on any atom is 0.276 e. The predicted octanol–water partition coefficient (Wildman–Crippen LogP) is 1.89. The van der Waals surface area contributed by atoms with Gasteiger partial charge in [-0.05, 0) is 30.5 Å². The van der Waals surface area contributed by atoms with Crippen molar-refractivity contribution in [2.24, 2.45) is 5.73 Å². The van der Waals surface area contributed by atoms with Crippen molar-refractivity contribution in [2.75, 3.05) is 30.9 Å². The fourth-order valence-electron chi connectivity index (χ4n) is 2.36. The van der Waals surface area contributed by atoms with Gasteiger partial charge in [0.2, 0.25) is 5.95 Å². The predicted molar refractivity (Wildman–Crippen MR) is 105 cm³/mol. The molecule has 5 N–H and O–H groups in total. The molecule has 1 aromatic heterocycles. The van der Waals surface area contributed by atoms with Crippen LogP contribution < -0.4 is 21.9 Å². The number of aromatic nitrogens is 2. The summed E-state index contributed by atoms with van der Waals surface area (Å²) >= 11 is 0. The molecule has 0 amide bonds. The Kier molecular flexibility index (Phi) is 6.93. The average Bonchev–Trinajstić information content (AvgIpc) is 2.57. The van der Waals surface area contributed by atoms with E-state index in [2.05, 4.69) is 61.9 Å². The van der Waals surface area contributed by atoms with E-state index in [0.29, 0.717) is 37.0 Å². The first-order valence-corrected chi connectivity index (χ1v) is 8.77. The first kappa shape index (κ1) is 19.4. The largest absolute Gasteiger partial charge is 0.383 e. The van der Waals surface area contributed by atoms with E-state index >= 15 is 0 Å². The Morgan fingerprint density at radius 2 is 2.08 bits per heavy atom. The van der Waals surface area contributed by atoms with Crippen molar-refractivity contribution in [3.63, 3.8) is 0 Å². The van der Waals surface area contributed by atoms with Gasteiger partial charge in [0.05, 0.1) is 18.1 Å². The molecule has 0 aliphatic rings. The van der Waals surface area contributed by atoms with E-state index in [9.17, 15) is 4.79 Å². The van der Waals surface area contributed by atoms with Crippen molar-refractivity contribution in [1.82, 2.24) is 9.97 Å². The lowest BCUT2D eigenvalue weighted by Crippen LogP contribution is -2.24. The van der Waals surface area contributed by atoms with E-state index < -0.39 is 5.78 Å². The smallest absolute Gasteiger partial charge is 0.276 e. The first-order valence-electron chi connectivity index (χ1n) is 8.10. The standard InChI is InChI=1S/C17H26N5O2P/c1-10-4-5-12(8-11(10)2)9-20-17-21-13(15(18)25)14(16(23)22-17)19-6-7-24-3/h4-5,8,15,19H,6-7,9,18,25H2,1-3H3,(H2,20,21,22,23). The van der Waals surface area contributed by atoms with Gasteiger partial charge in [-0.2, -0.15) is 0 Å². The third kappa shape index (κ3) is 5.26. The minimum absolute atomic E-state index is 0.262. The fourth-order valence-corrected chi connectivity index (χ4v) is 2.60. The number of nitrogens with zero attached hydrogens (tertiary/aromatic N) is 1. The number of benzene rings is 1. The molecule has 2 aromatic rings. The molecular weight excluding hydrogens is 337 g/mol. The molecule has 2 unspecified atom stereocenters. The van der Waals surface area contributed by atoms with Crippen LogP contribution in [-0.4, -0.2) is 30.2 Å². The van der Waals surface area contributed by atoms with Crippen molar-refractivity contribution in [3.05, 3.63) is 50.9 Å². The molecule has 2 rings (SSSR count). The molecule has 2 atom stereocenters. The lowest BCUT2D eigenvalue weighted by Gasteiger charge is -2.15. The van der Waals surface area contributed by atoms with Crippen LogP contribution in [0.3, 0.4) is 0 Å². The summed E-state index contributed by atoms with van der Waals surface area (Å²) in [5, 5.41) is 6.18. The normalized spacial score (nSPS) is 12.0. The number of ether oxygens (including phenoxy) is 1. The van der Waals surface area contributed by atoms with Gasteiger partial charge in [0.15, 0.2) is 0 Å². The van der Waals surface area contributed by atoms with Crippen LogP contribution in [0.5, 0.6) is 0 Å². The molecule has 0 spiro atoms. The van der Waals surface area contributed by atoms with Gasteiger partial charge in [-0.1, -0.05) is 18.2 Å². The van der Waals surface area contributed by atoms with E-state index in [4.69, 9.17) is 10.5 Å². The zero-order chi connectivity index (χ0) is 18.4. The van der Waals surface area contributed by atoms with Gasteiger partial charge >= 0.3 is 0 Å². The number of nitrogens with one attached hydrogen (secondary N) is 3. The Hall–Kier alpha value is -1.95. The zero-order valence-corrected chi connectivity index (χ0v) is 16.0. The summed E-state index contributed by atoms with van der Waals surface area (Å²) in [7, 11) is 4.07. The van der Waals surface area contributed by atoms with Gasteiger partial charge in [0.25, 0.3) is 5.56 Å². The molecule has 0 aliphatic carbocycles. The summed E-state index contributed by atoms with van der Waals surface area (Å²) in [6.07, 6.45) is 0. The minimum Gasteiger partial charge on any atom is -0.383 e. The van der Waals surface area contributed by atoms with Crippen LogP contribution in [0, 0.1) is 13.8 Å². The fraction of sp³-hybridized carbons (Fsp3) is 0.412. The van der Waals surface area contributed by atoms with Crippen LogP contribution in [0.15, 0.2) is 23.0 Å². The molecule has 0 saturated carbocycles. The van der Waals surface area contributed by atoms with Crippen LogP contribution >= 0.6 is 9.24 Å². The van der Waals surface area contributed by atoms with Gasteiger partial charge < -0.3 is 21.1 Å².